The van der Waals surface area contributed by atoms with Gasteiger partial charge in [0.2, 0.25) is 0 Å². The summed E-state index contributed by atoms with van der Waals surface area (Å²) in [5.74, 6) is -0.327. The molecule has 0 amide bonds. The quantitative estimate of drug-likeness (QED) is 0.377. The maximum atomic E-state index is 13.8. The molecule has 0 N–H and O–H groups in total. The fraction of sp³-hybridized carbons (Fsp3) is 0.304. The monoisotopic (exact) mass is 480 g/mol. The third-order valence-corrected chi connectivity index (χ3v) is 6.06. The molecule has 174 valence electrons. The third-order valence-electron chi connectivity index (χ3n) is 5.70. The summed E-state index contributed by atoms with van der Waals surface area (Å²) in [6, 6.07) is 13.7. The molecule has 33 heavy (non-hydrogen) atoms. The second kappa shape index (κ2) is 9.52. The number of hydrogen-bond acceptors (Lipinski definition) is 4. The van der Waals surface area contributed by atoms with Crippen molar-refractivity contribution in [2.45, 2.75) is 18.8 Å². The molecule has 1 saturated heterocycles. The van der Waals surface area contributed by atoms with Gasteiger partial charge in [-0.15, -0.1) is 0 Å². The number of alkyl halides is 3. The van der Waals surface area contributed by atoms with Crippen LogP contribution in [-0.2, 0) is 17.5 Å². The number of halogens is 5. The molecule has 0 bridgehead atoms. The smallest absolute Gasteiger partial charge is 0.369 e. The zero-order chi connectivity index (χ0) is 23.6. The highest BCUT2D eigenvalue weighted by atomic mass is 35.5. The summed E-state index contributed by atoms with van der Waals surface area (Å²) in [7, 11) is 0. The van der Waals surface area contributed by atoms with Crippen molar-refractivity contribution in [2.24, 2.45) is 0 Å². The van der Waals surface area contributed by atoms with Gasteiger partial charge in [-0.05, 0) is 24.3 Å². The van der Waals surface area contributed by atoms with Gasteiger partial charge < -0.3 is 9.69 Å². The molecule has 2 aromatic carbocycles. The van der Waals surface area contributed by atoms with Crippen molar-refractivity contribution in [3.63, 3.8) is 0 Å². The Morgan fingerprint density at radius 3 is 2.21 bits per heavy atom. The maximum absolute atomic E-state index is 13.8. The molecule has 1 unspecified atom stereocenters. The molecule has 0 spiro atoms. The van der Waals surface area contributed by atoms with Crippen LogP contribution < -0.4 is 4.90 Å². The number of carbonyl (C=O) groups is 1. The van der Waals surface area contributed by atoms with Crippen LogP contribution in [0.15, 0.2) is 54.6 Å². The van der Waals surface area contributed by atoms with Gasteiger partial charge in [-0.25, -0.2) is 4.39 Å². The summed E-state index contributed by atoms with van der Waals surface area (Å²) >= 11 is 6.12. The van der Waals surface area contributed by atoms with Crippen LogP contribution in [0.2, 0.25) is 5.02 Å². The number of hydrogen-bond donors (Lipinski definition) is 0. The highest BCUT2D eigenvalue weighted by Gasteiger charge is 2.40. The SMILES string of the molecule is O=CC(Cn1nc(-c2ccccc2)c(Cl)c1C(F)(F)F)N1CCN(c2ccc(F)cc2)CC1. The lowest BCUT2D eigenvalue weighted by Gasteiger charge is -2.38. The normalized spacial score (nSPS) is 16.1. The number of rotatable bonds is 6. The summed E-state index contributed by atoms with van der Waals surface area (Å²) in [5.41, 5.74) is 0.266. The lowest BCUT2D eigenvalue weighted by molar-refractivity contribution is -0.144. The number of piperazine rings is 1. The minimum absolute atomic E-state index is 0.0235. The predicted molar refractivity (Wildman–Crippen MR) is 118 cm³/mol. The number of benzene rings is 2. The molecular weight excluding hydrogens is 460 g/mol. The summed E-state index contributed by atoms with van der Waals surface area (Å²) in [4.78, 5) is 15.7. The zero-order valence-electron chi connectivity index (χ0n) is 17.5. The van der Waals surface area contributed by atoms with E-state index in [0.717, 1.165) is 10.4 Å². The van der Waals surface area contributed by atoms with Crippen LogP contribution in [0.25, 0.3) is 11.3 Å². The van der Waals surface area contributed by atoms with Crippen molar-refractivity contribution in [1.29, 1.82) is 0 Å². The summed E-state index contributed by atoms with van der Waals surface area (Å²) in [6.45, 7) is 1.75. The highest BCUT2D eigenvalue weighted by Crippen LogP contribution is 2.40. The Labute approximate surface area is 193 Å². The van der Waals surface area contributed by atoms with Crippen LogP contribution in [0.5, 0.6) is 0 Å². The van der Waals surface area contributed by atoms with Crippen molar-refractivity contribution in [3.05, 3.63) is 71.1 Å². The highest BCUT2D eigenvalue weighted by molar-refractivity contribution is 6.33. The van der Waals surface area contributed by atoms with Gasteiger partial charge in [0.15, 0.2) is 5.69 Å². The zero-order valence-corrected chi connectivity index (χ0v) is 18.2. The first kappa shape index (κ1) is 23.3. The first-order valence-corrected chi connectivity index (χ1v) is 10.7. The standard InChI is InChI=1S/C23H21ClF4N4O/c24-20-21(16-4-2-1-3-5-16)29-32(22(20)23(26,27)28)14-19(15-33)31-12-10-30(11-13-31)18-8-6-17(25)7-9-18/h1-9,15,19H,10-14H2. The van der Waals surface area contributed by atoms with E-state index < -0.39 is 22.9 Å². The van der Waals surface area contributed by atoms with E-state index in [-0.39, 0.29) is 18.1 Å². The van der Waals surface area contributed by atoms with Crippen LogP contribution in [0.1, 0.15) is 5.69 Å². The van der Waals surface area contributed by atoms with Crippen molar-refractivity contribution < 1.29 is 22.4 Å². The fourth-order valence-corrected chi connectivity index (χ4v) is 4.36. The Balaban J connectivity index is 1.54. The lowest BCUT2D eigenvalue weighted by Crippen LogP contribution is -2.52. The Bertz CT molecular complexity index is 1090. The molecule has 0 radical (unpaired) electrons. The molecule has 1 atom stereocenters. The molecule has 10 heteroatoms. The van der Waals surface area contributed by atoms with Crippen LogP contribution in [0.3, 0.4) is 0 Å². The molecule has 0 aliphatic carbocycles. The van der Waals surface area contributed by atoms with Gasteiger partial charge in [-0.2, -0.15) is 18.3 Å². The van der Waals surface area contributed by atoms with Gasteiger partial charge >= 0.3 is 6.18 Å². The van der Waals surface area contributed by atoms with Gasteiger partial charge in [0.1, 0.15) is 17.8 Å². The second-order valence-electron chi connectivity index (χ2n) is 7.76. The Morgan fingerprint density at radius 2 is 1.64 bits per heavy atom. The molecule has 2 heterocycles. The van der Waals surface area contributed by atoms with Crippen LogP contribution in [0, 0.1) is 5.82 Å². The summed E-state index contributed by atoms with van der Waals surface area (Å²) in [6.07, 6.45) is -4.09. The lowest BCUT2D eigenvalue weighted by atomic mass is 10.1. The van der Waals surface area contributed by atoms with E-state index in [1.54, 1.807) is 42.5 Å². The van der Waals surface area contributed by atoms with Crippen molar-refractivity contribution >= 4 is 23.6 Å². The van der Waals surface area contributed by atoms with E-state index in [2.05, 4.69) is 5.10 Å². The molecule has 1 aromatic heterocycles. The molecule has 3 aromatic rings. The van der Waals surface area contributed by atoms with Crippen molar-refractivity contribution in [2.75, 3.05) is 31.1 Å². The van der Waals surface area contributed by atoms with Crippen molar-refractivity contribution in [1.82, 2.24) is 14.7 Å². The van der Waals surface area contributed by atoms with E-state index in [1.807, 2.05) is 9.80 Å². The van der Waals surface area contributed by atoms with Crippen LogP contribution in [-0.4, -0.2) is 53.2 Å². The van der Waals surface area contributed by atoms with E-state index in [9.17, 15) is 22.4 Å². The topological polar surface area (TPSA) is 41.4 Å². The molecule has 1 aliphatic heterocycles. The average molecular weight is 481 g/mol. The second-order valence-corrected chi connectivity index (χ2v) is 8.14. The van der Waals surface area contributed by atoms with Gasteiger partial charge in [0.05, 0.1) is 17.6 Å². The minimum Gasteiger partial charge on any atom is -0.369 e. The molecule has 1 aliphatic rings. The number of carbonyl (C=O) groups excluding carboxylic acids is 1. The molecule has 5 nitrogen and oxygen atoms in total. The summed E-state index contributed by atoms with van der Waals surface area (Å²) in [5, 5.41) is 3.65. The van der Waals surface area contributed by atoms with E-state index in [4.69, 9.17) is 11.6 Å². The van der Waals surface area contributed by atoms with Gasteiger partial charge in [-0.3, -0.25) is 9.58 Å². The van der Waals surface area contributed by atoms with Crippen LogP contribution >= 0.6 is 11.6 Å². The average Bonchev–Trinajstić information content (AvgIpc) is 3.15. The predicted octanol–water partition coefficient (Wildman–Crippen LogP) is 4.75. The van der Waals surface area contributed by atoms with Gasteiger partial charge in [0, 0.05) is 37.4 Å². The van der Waals surface area contributed by atoms with E-state index >= 15 is 0 Å². The third kappa shape index (κ3) is 5.04. The van der Waals surface area contributed by atoms with Gasteiger partial charge in [-0.1, -0.05) is 41.9 Å². The molecule has 0 saturated carbocycles. The first-order chi connectivity index (χ1) is 15.8. The molecular formula is C23H21ClF4N4O. The van der Waals surface area contributed by atoms with Crippen LogP contribution in [0.4, 0.5) is 23.2 Å². The van der Waals surface area contributed by atoms with E-state index in [0.29, 0.717) is 38.0 Å². The van der Waals surface area contributed by atoms with Gasteiger partial charge in [0.25, 0.3) is 0 Å². The molecule has 4 rings (SSSR count). The number of aromatic nitrogens is 2. The fourth-order valence-electron chi connectivity index (χ4n) is 4.01. The Kier molecular flexibility index (Phi) is 6.71. The number of nitrogens with zero attached hydrogens (tertiary/aromatic N) is 4. The Morgan fingerprint density at radius 1 is 1.00 bits per heavy atom. The maximum Gasteiger partial charge on any atom is 0.434 e. The molecule has 1 fully saturated rings. The Hall–Kier alpha value is -2.91. The first-order valence-electron chi connectivity index (χ1n) is 10.4. The number of aldehydes is 1. The van der Waals surface area contributed by atoms with E-state index in [1.165, 1.54) is 12.1 Å². The minimum atomic E-state index is -4.73. The number of anilines is 1. The largest absolute Gasteiger partial charge is 0.434 e. The van der Waals surface area contributed by atoms with Crippen molar-refractivity contribution in [3.8, 4) is 11.3 Å². The summed E-state index contributed by atoms with van der Waals surface area (Å²) < 4.78 is 55.4.